The Morgan fingerprint density at radius 2 is 2.05 bits per heavy atom. The van der Waals surface area contributed by atoms with Crippen LogP contribution in [-0.2, 0) is 16.6 Å². The summed E-state index contributed by atoms with van der Waals surface area (Å²) in [6.07, 6.45) is 0. The van der Waals surface area contributed by atoms with Crippen LogP contribution < -0.4 is 10.5 Å². The van der Waals surface area contributed by atoms with E-state index in [2.05, 4.69) is 5.32 Å². The summed E-state index contributed by atoms with van der Waals surface area (Å²) >= 11 is 5.82. The van der Waals surface area contributed by atoms with Crippen LogP contribution in [0, 0.1) is 5.82 Å². The highest BCUT2D eigenvalue weighted by Gasteiger charge is 2.13. The van der Waals surface area contributed by atoms with E-state index in [0.29, 0.717) is 11.4 Å². The molecule has 0 aliphatic rings. The second-order valence-corrected chi connectivity index (χ2v) is 5.64. The highest BCUT2D eigenvalue weighted by atomic mass is 35.5. The lowest BCUT2D eigenvalue weighted by molar-refractivity contribution is 0.419. The molecule has 1 heterocycles. The van der Waals surface area contributed by atoms with Gasteiger partial charge in [0.25, 0.3) is 10.0 Å². The molecule has 5 nitrogen and oxygen atoms in total. The van der Waals surface area contributed by atoms with Crippen molar-refractivity contribution in [2.45, 2.75) is 11.6 Å². The lowest BCUT2D eigenvalue weighted by atomic mass is 10.3. The zero-order valence-corrected chi connectivity index (χ0v) is 11.1. The Kier molecular flexibility index (Phi) is 3.79. The molecular formula is C11H10ClFN2O3S. The fraction of sp³-hybridized carbons (Fsp3) is 0.0909. The number of hydrogen-bond acceptors (Lipinski definition) is 4. The van der Waals surface area contributed by atoms with E-state index in [1.807, 2.05) is 0 Å². The van der Waals surface area contributed by atoms with Crippen molar-refractivity contribution in [3.05, 3.63) is 46.9 Å². The van der Waals surface area contributed by atoms with Crippen molar-refractivity contribution < 1.29 is 17.2 Å². The fourth-order valence-electron chi connectivity index (χ4n) is 1.42. The Morgan fingerprint density at radius 1 is 1.32 bits per heavy atom. The summed E-state index contributed by atoms with van der Waals surface area (Å²) in [6.45, 7) is 0.195. The third-order valence-corrected chi connectivity index (χ3v) is 3.39. The van der Waals surface area contributed by atoms with Gasteiger partial charge >= 0.3 is 0 Å². The van der Waals surface area contributed by atoms with Gasteiger partial charge in [-0.05, 0) is 30.3 Å². The minimum atomic E-state index is -3.85. The Morgan fingerprint density at radius 3 is 2.63 bits per heavy atom. The SMILES string of the molecule is NS(=O)(=O)c1ccc(CNc2ccc(F)cc2Cl)o1. The molecule has 0 saturated heterocycles. The molecule has 8 heteroatoms. The van der Waals surface area contributed by atoms with E-state index in [1.54, 1.807) is 0 Å². The van der Waals surface area contributed by atoms with Gasteiger partial charge in [-0.15, -0.1) is 0 Å². The molecule has 0 spiro atoms. The molecule has 1 aromatic heterocycles. The molecule has 0 aliphatic heterocycles. The van der Waals surface area contributed by atoms with Gasteiger partial charge in [-0.3, -0.25) is 0 Å². The lowest BCUT2D eigenvalue weighted by Crippen LogP contribution is -2.10. The fourth-order valence-corrected chi connectivity index (χ4v) is 2.14. The first-order chi connectivity index (χ1) is 8.86. The Hall–Kier alpha value is -1.57. The van der Waals surface area contributed by atoms with E-state index in [9.17, 15) is 12.8 Å². The summed E-state index contributed by atoms with van der Waals surface area (Å²) in [7, 11) is -3.85. The van der Waals surface area contributed by atoms with Crippen LogP contribution in [0.5, 0.6) is 0 Å². The number of halogens is 2. The minimum Gasteiger partial charge on any atom is -0.446 e. The normalized spacial score (nSPS) is 11.5. The molecule has 0 bridgehead atoms. The lowest BCUT2D eigenvalue weighted by Gasteiger charge is -2.06. The van der Waals surface area contributed by atoms with Crippen LogP contribution in [-0.4, -0.2) is 8.42 Å². The number of primary sulfonamides is 1. The van der Waals surface area contributed by atoms with Crippen molar-refractivity contribution in [2.24, 2.45) is 5.14 Å². The number of rotatable bonds is 4. The van der Waals surface area contributed by atoms with E-state index in [1.165, 1.54) is 30.3 Å². The number of hydrogen-bond donors (Lipinski definition) is 2. The van der Waals surface area contributed by atoms with Gasteiger partial charge in [0.05, 0.1) is 17.3 Å². The molecule has 102 valence electrons. The van der Waals surface area contributed by atoms with E-state index in [0.717, 1.165) is 0 Å². The highest BCUT2D eigenvalue weighted by Crippen LogP contribution is 2.23. The second kappa shape index (κ2) is 5.20. The van der Waals surface area contributed by atoms with Crippen molar-refractivity contribution in [2.75, 3.05) is 5.32 Å². The third-order valence-electron chi connectivity index (χ3n) is 2.30. The molecule has 0 aliphatic carbocycles. The first-order valence-corrected chi connectivity index (χ1v) is 7.09. The van der Waals surface area contributed by atoms with Gasteiger partial charge in [0, 0.05) is 0 Å². The molecular weight excluding hydrogens is 295 g/mol. The van der Waals surface area contributed by atoms with Crippen molar-refractivity contribution in [1.29, 1.82) is 0 Å². The Balaban J connectivity index is 2.09. The summed E-state index contributed by atoms with van der Waals surface area (Å²) in [5.74, 6) is -0.0746. The van der Waals surface area contributed by atoms with Crippen LogP contribution in [0.15, 0.2) is 39.8 Å². The summed E-state index contributed by atoms with van der Waals surface area (Å²) in [6, 6.07) is 6.64. The largest absolute Gasteiger partial charge is 0.446 e. The van der Waals surface area contributed by atoms with Crippen LogP contribution >= 0.6 is 11.6 Å². The maximum Gasteiger partial charge on any atom is 0.271 e. The van der Waals surface area contributed by atoms with Crippen LogP contribution in [0.3, 0.4) is 0 Å². The number of nitrogens with two attached hydrogens (primary N) is 1. The summed E-state index contributed by atoms with van der Waals surface area (Å²) in [5.41, 5.74) is 0.511. The van der Waals surface area contributed by atoms with Gasteiger partial charge in [-0.25, -0.2) is 17.9 Å². The minimum absolute atomic E-state index is 0.195. The third kappa shape index (κ3) is 3.46. The van der Waals surface area contributed by atoms with Gasteiger partial charge in [-0.1, -0.05) is 11.6 Å². The predicted octanol–water partition coefficient (Wildman–Crippen LogP) is 2.33. The van der Waals surface area contributed by atoms with Gasteiger partial charge in [-0.2, -0.15) is 0 Å². The Labute approximate surface area is 114 Å². The van der Waals surface area contributed by atoms with Crippen LogP contribution in [0.1, 0.15) is 5.76 Å². The van der Waals surface area contributed by atoms with Crippen LogP contribution in [0.4, 0.5) is 10.1 Å². The smallest absolute Gasteiger partial charge is 0.271 e. The molecule has 3 N–H and O–H groups in total. The van der Waals surface area contributed by atoms with Gasteiger partial charge in [0.15, 0.2) is 0 Å². The maximum atomic E-state index is 12.8. The van der Waals surface area contributed by atoms with Crippen molar-refractivity contribution in [3.63, 3.8) is 0 Å². The average molecular weight is 305 g/mol. The number of benzene rings is 1. The Bertz CT molecular complexity index is 700. The molecule has 2 aromatic rings. The van der Waals surface area contributed by atoms with Crippen LogP contribution in [0.2, 0.25) is 5.02 Å². The van der Waals surface area contributed by atoms with Gasteiger partial charge < -0.3 is 9.73 Å². The summed E-state index contributed by atoms with van der Waals surface area (Å²) < 4.78 is 39.9. The number of anilines is 1. The van der Waals surface area contributed by atoms with Crippen molar-refractivity contribution in [1.82, 2.24) is 0 Å². The molecule has 0 amide bonds. The first-order valence-electron chi connectivity index (χ1n) is 5.17. The second-order valence-electron chi connectivity index (χ2n) is 3.74. The molecule has 0 fully saturated rings. The quantitative estimate of drug-likeness (QED) is 0.908. The standard InChI is InChI=1S/C11H10ClFN2O3S/c12-9-5-7(13)1-3-10(9)15-6-8-2-4-11(18-8)19(14,16)17/h1-5,15H,6H2,(H2,14,16,17). The average Bonchev–Trinajstić information content (AvgIpc) is 2.76. The predicted molar refractivity (Wildman–Crippen MR) is 68.8 cm³/mol. The van der Waals surface area contributed by atoms with E-state index < -0.39 is 15.8 Å². The van der Waals surface area contributed by atoms with E-state index >= 15 is 0 Å². The summed E-state index contributed by atoms with van der Waals surface area (Å²) in [5, 5.41) is 7.72. The van der Waals surface area contributed by atoms with Crippen molar-refractivity contribution in [3.8, 4) is 0 Å². The first kappa shape index (κ1) is 13.9. The molecule has 0 unspecified atom stereocenters. The molecule has 19 heavy (non-hydrogen) atoms. The maximum absolute atomic E-state index is 12.8. The topological polar surface area (TPSA) is 85.3 Å². The van der Waals surface area contributed by atoms with Gasteiger partial charge in [0.2, 0.25) is 5.09 Å². The van der Waals surface area contributed by atoms with Crippen LogP contribution in [0.25, 0.3) is 0 Å². The zero-order chi connectivity index (χ0) is 14.0. The molecule has 0 atom stereocenters. The highest BCUT2D eigenvalue weighted by molar-refractivity contribution is 7.89. The van der Waals surface area contributed by atoms with Gasteiger partial charge in [0.1, 0.15) is 11.6 Å². The summed E-state index contributed by atoms with van der Waals surface area (Å²) in [4.78, 5) is 0. The van der Waals surface area contributed by atoms with E-state index in [4.69, 9.17) is 21.2 Å². The number of sulfonamides is 1. The molecule has 0 radical (unpaired) electrons. The molecule has 0 saturated carbocycles. The number of furan rings is 1. The van der Waals surface area contributed by atoms with Crippen molar-refractivity contribution >= 4 is 27.3 Å². The zero-order valence-electron chi connectivity index (χ0n) is 9.56. The number of nitrogens with one attached hydrogen (secondary N) is 1. The molecule has 1 aromatic carbocycles. The van der Waals surface area contributed by atoms with E-state index in [-0.39, 0.29) is 16.7 Å². The molecule has 2 rings (SSSR count). The monoisotopic (exact) mass is 304 g/mol.